The maximum Gasteiger partial charge on any atom is 0.327 e. The van der Waals surface area contributed by atoms with E-state index in [1.807, 2.05) is 107 Å². The maximum atomic E-state index is 12.3. The van der Waals surface area contributed by atoms with Crippen molar-refractivity contribution < 1.29 is 29.5 Å². The molecule has 0 aromatic heterocycles. The van der Waals surface area contributed by atoms with Crippen LogP contribution in [0.4, 0.5) is 0 Å². The summed E-state index contributed by atoms with van der Waals surface area (Å²) < 4.78 is 0. The Morgan fingerprint density at radius 2 is 0.786 bits per heavy atom. The first-order valence-corrected chi connectivity index (χ1v) is 14.6. The topological polar surface area (TPSA) is 117 Å². The summed E-state index contributed by atoms with van der Waals surface area (Å²) in [6, 6.07) is 7.76. The summed E-state index contributed by atoms with van der Waals surface area (Å²) in [6.07, 6.45) is 1.03. The van der Waals surface area contributed by atoms with Crippen molar-refractivity contribution in [1.82, 2.24) is 11.2 Å². The van der Waals surface area contributed by atoms with Gasteiger partial charge >= 0.3 is 11.9 Å². The Morgan fingerprint density at radius 3 is 1.00 bits per heavy atom. The molecule has 0 unspecified atom stereocenters. The van der Waals surface area contributed by atoms with Crippen molar-refractivity contribution >= 4 is 11.9 Å². The first-order valence-electron chi connectivity index (χ1n) is 14.6. The van der Waals surface area contributed by atoms with E-state index in [0.29, 0.717) is 24.3 Å². The molecule has 0 heterocycles. The maximum absolute atomic E-state index is 12.3. The van der Waals surface area contributed by atoms with Crippen LogP contribution in [0.15, 0.2) is 24.3 Å². The molecular weight excluding hydrogens is 532 g/mol. The van der Waals surface area contributed by atoms with Gasteiger partial charge in [-0.2, -0.15) is 0 Å². The Morgan fingerprint density at radius 1 is 0.548 bits per heavy atom. The van der Waals surface area contributed by atoms with Crippen molar-refractivity contribution in [2.75, 3.05) is 0 Å². The SMILES string of the molecule is CC(C)(C)c1cc(CCC(=O)ONNOC(=O)CCc2cc(C(C)(C)C)c(O)c(C(C)(C)C)c2)cc(C(C)(C)C)c1O. The highest BCUT2D eigenvalue weighted by molar-refractivity contribution is 5.70. The predicted octanol–water partition coefficient (Wildman–Crippen LogP) is 6.86. The van der Waals surface area contributed by atoms with Gasteiger partial charge < -0.3 is 19.9 Å². The molecule has 0 saturated carbocycles. The van der Waals surface area contributed by atoms with E-state index >= 15 is 0 Å². The van der Waals surface area contributed by atoms with Crippen LogP contribution in [0.25, 0.3) is 0 Å². The number of carbonyl (C=O) groups is 2. The van der Waals surface area contributed by atoms with Gasteiger partial charge in [0.1, 0.15) is 11.5 Å². The molecule has 4 N–H and O–H groups in total. The second-order valence-corrected chi connectivity index (χ2v) is 15.2. The Labute approximate surface area is 252 Å². The number of benzene rings is 2. The number of aromatic hydroxyl groups is 2. The normalized spacial score (nSPS) is 12.8. The number of aryl methyl sites for hydroxylation is 2. The van der Waals surface area contributed by atoms with Gasteiger partial charge in [0.15, 0.2) is 0 Å². The van der Waals surface area contributed by atoms with Crippen LogP contribution in [-0.4, -0.2) is 22.2 Å². The molecule has 8 heteroatoms. The highest BCUT2D eigenvalue weighted by Gasteiger charge is 2.28. The van der Waals surface area contributed by atoms with E-state index in [-0.39, 0.29) is 34.5 Å². The minimum atomic E-state index is -0.533. The highest BCUT2D eigenvalue weighted by atomic mass is 16.8. The monoisotopic (exact) mass is 584 g/mol. The van der Waals surface area contributed by atoms with Crippen LogP contribution < -0.4 is 11.2 Å². The summed E-state index contributed by atoms with van der Waals surface area (Å²) in [6.45, 7) is 24.5. The fourth-order valence-electron chi connectivity index (χ4n) is 4.71. The molecule has 0 amide bonds. The minimum Gasteiger partial charge on any atom is -0.507 e. The molecule has 0 fully saturated rings. The minimum absolute atomic E-state index is 0.0909. The summed E-state index contributed by atoms with van der Waals surface area (Å²) in [7, 11) is 0. The van der Waals surface area contributed by atoms with Crippen molar-refractivity contribution in [3.63, 3.8) is 0 Å². The third kappa shape index (κ3) is 9.73. The van der Waals surface area contributed by atoms with Gasteiger partial charge in [0.25, 0.3) is 0 Å². The average molecular weight is 585 g/mol. The van der Waals surface area contributed by atoms with Crippen LogP contribution in [0.5, 0.6) is 11.5 Å². The average Bonchev–Trinajstić information content (AvgIpc) is 2.82. The molecule has 0 aliphatic carbocycles. The third-order valence-electron chi connectivity index (χ3n) is 7.18. The molecule has 0 bridgehead atoms. The number of hydrogen-bond donors (Lipinski definition) is 4. The number of phenols is 2. The Bertz CT molecular complexity index is 1100. The number of rotatable bonds is 9. The number of hydrogen-bond acceptors (Lipinski definition) is 8. The van der Waals surface area contributed by atoms with Gasteiger partial charge in [-0.3, -0.25) is 9.59 Å². The standard InChI is InChI=1S/C34H52N2O6/c1-31(2,3)23-17-21(18-24(29(23)39)32(4,5)6)13-15-27(37)41-35-36-42-28(38)16-14-22-19-25(33(7,8)9)30(40)26(20-22)34(10,11)12/h17-20,35-36,39-40H,13-16H2,1-12H3. The first-order chi connectivity index (χ1) is 19.0. The second kappa shape index (κ2) is 13.0. The van der Waals surface area contributed by atoms with Gasteiger partial charge in [-0.05, 0) is 67.9 Å². The van der Waals surface area contributed by atoms with Crippen molar-refractivity contribution in [1.29, 1.82) is 0 Å². The molecule has 0 spiro atoms. The van der Waals surface area contributed by atoms with Gasteiger partial charge in [-0.1, -0.05) is 119 Å². The summed E-state index contributed by atoms with van der Waals surface area (Å²) in [4.78, 5) is 34.6. The van der Waals surface area contributed by atoms with Crippen LogP contribution >= 0.6 is 0 Å². The number of phenolic OH excluding ortho intramolecular Hbond substituents is 2. The molecule has 2 aromatic rings. The quantitative estimate of drug-likeness (QED) is 0.186. The number of hydrazine groups is 1. The van der Waals surface area contributed by atoms with Crippen LogP contribution in [-0.2, 0) is 53.8 Å². The predicted molar refractivity (Wildman–Crippen MR) is 166 cm³/mol. The molecular formula is C34H52N2O6. The lowest BCUT2D eigenvalue weighted by molar-refractivity contribution is -0.177. The highest BCUT2D eigenvalue weighted by Crippen LogP contribution is 2.41. The lowest BCUT2D eigenvalue weighted by Crippen LogP contribution is -2.36. The Balaban J connectivity index is 1.91. The van der Waals surface area contributed by atoms with Crippen LogP contribution in [0.2, 0.25) is 0 Å². The van der Waals surface area contributed by atoms with E-state index in [4.69, 9.17) is 9.68 Å². The molecule has 234 valence electrons. The zero-order chi connectivity index (χ0) is 32.3. The molecule has 0 saturated heterocycles. The summed E-state index contributed by atoms with van der Waals surface area (Å²) in [5.41, 5.74) is 8.51. The van der Waals surface area contributed by atoms with E-state index in [2.05, 4.69) is 11.2 Å². The number of nitrogens with one attached hydrogen (secondary N) is 2. The molecule has 0 aliphatic rings. The van der Waals surface area contributed by atoms with Crippen molar-refractivity contribution in [2.24, 2.45) is 0 Å². The molecule has 0 radical (unpaired) electrons. The lowest BCUT2D eigenvalue weighted by atomic mass is 9.78. The van der Waals surface area contributed by atoms with Crippen molar-refractivity contribution in [3.05, 3.63) is 57.6 Å². The number of carbonyl (C=O) groups excluding carboxylic acids is 2. The Kier molecular flexibility index (Phi) is 10.9. The van der Waals surface area contributed by atoms with E-state index in [9.17, 15) is 19.8 Å². The van der Waals surface area contributed by atoms with E-state index in [0.717, 1.165) is 33.4 Å². The lowest BCUT2D eigenvalue weighted by Gasteiger charge is -2.28. The van der Waals surface area contributed by atoms with Gasteiger partial charge in [0.2, 0.25) is 0 Å². The van der Waals surface area contributed by atoms with Crippen LogP contribution in [0.1, 0.15) is 129 Å². The zero-order valence-electron chi connectivity index (χ0n) is 27.7. The van der Waals surface area contributed by atoms with Gasteiger partial charge in [-0.15, -0.1) is 0 Å². The van der Waals surface area contributed by atoms with E-state index < -0.39 is 11.9 Å². The smallest absolute Gasteiger partial charge is 0.327 e. The van der Waals surface area contributed by atoms with Gasteiger partial charge in [0, 0.05) is 0 Å². The van der Waals surface area contributed by atoms with Crippen molar-refractivity contribution in [3.8, 4) is 11.5 Å². The van der Waals surface area contributed by atoms with E-state index in [1.165, 1.54) is 0 Å². The Hall–Kier alpha value is -3.10. The molecule has 2 rings (SSSR count). The summed E-state index contributed by atoms with van der Waals surface area (Å²) in [5.74, 6) is -0.475. The van der Waals surface area contributed by atoms with Crippen LogP contribution in [0, 0.1) is 0 Å². The van der Waals surface area contributed by atoms with Gasteiger partial charge in [-0.25, -0.2) is 0 Å². The van der Waals surface area contributed by atoms with Gasteiger partial charge in [0.05, 0.1) is 12.8 Å². The summed E-state index contributed by atoms with van der Waals surface area (Å²) >= 11 is 0. The molecule has 0 aliphatic heterocycles. The zero-order valence-corrected chi connectivity index (χ0v) is 27.7. The first kappa shape index (κ1) is 35.1. The van der Waals surface area contributed by atoms with E-state index in [1.54, 1.807) is 0 Å². The molecule has 8 nitrogen and oxygen atoms in total. The van der Waals surface area contributed by atoms with Crippen molar-refractivity contribution in [2.45, 2.75) is 130 Å². The second-order valence-electron chi connectivity index (χ2n) is 15.2. The fraction of sp³-hybridized carbons (Fsp3) is 0.588. The molecule has 2 aromatic carbocycles. The largest absolute Gasteiger partial charge is 0.507 e. The molecule has 42 heavy (non-hydrogen) atoms. The van der Waals surface area contributed by atoms with Crippen LogP contribution in [0.3, 0.4) is 0 Å². The summed E-state index contributed by atoms with van der Waals surface area (Å²) in [5, 5.41) is 21.8. The fourth-order valence-corrected chi connectivity index (χ4v) is 4.71. The molecule has 0 atom stereocenters. The third-order valence-corrected chi connectivity index (χ3v) is 7.18.